The van der Waals surface area contributed by atoms with Gasteiger partial charge in [-0.05, 0) is 38.9 Å². The lowest BCUT2D eigenvalue weighted by Crippen LogP contribution is -2.18. The van der Waals surface area contributed by atoms with Gasteiger partial charge in [0.05, 0.1) is 12.2 Å². The average Bonchev–Trinajstić information content (AvgIpc) is 3.00. The molecule has 0 aliphatic heterocycles. The number of hydrogen-bond acceptors (Lipinski definition) is 5. The van der Waals surface area contributed by atoms with E-state index in [2.05, 4.69) is 27.6 Å². The molecule has 20 heavy (non-hydrogen) atoms. The summed E-state index contributed by atoms with van der Waals surface area (Å²) in [7, 11) is 2.10. The van der Waals surface area contributed by atoms with Gasteiger partial charge in [0, 0.05) is 24.5 Å². The fraction of sp³-hybridized carbons (Fsp3) is 0.533. The maximum absolute atomic E-state index is 5.60. The molecule has 0 aromatic carbocycles. The zero-order valence-corrected chi connectivity index (χ0v) is 12.9. The highest BCUT2D eigenvalue weighted by Gasteiger charge is 2.20. The predicted octanol–water partition coefficient (Wildman–Crippen LogP) is 2.93. The molecule has 1 fully saturated rings. The summed E-state index contributed by atoms with van der Waals surface area (Å²) in [4.78, 5) is 6.91. The summed E-state index contributed by atoms with van der Waals surface area (Å²) in [6.07, 6.45) is 2.65. The molecule has 1 aliphatic carbocycles. The maximum atomic E-state index is 5.60. The van der Waals surface area contributed by atoms with Crippen LogP contribution in [0.25, 0.3) is 0 Å². The van der Waals surface area contributed by atoms with E-state index in [1.807, 2.05) is 19.1 Å². The number of hydrogen-bond donors (Lipinski definition) is 1. The summed E-state index contributed by atoms with van der Waals surface area (Å²) in [5.74, 6) is 1.98. The smallest absolute Gasteiger partial charge is 0.118 e. The molecule has 0 amide bonds. The Morgan fingerprint density at radius 3 is 2.95 bits per heavy atom. The second-order valence-corrected chi connectivity index (χ2v) is 6.52. The first-order valence-electron chi connectivity index (χ1n) is 7.09. The molecule has 0 spiro atoms. The molecule has 108 valence electrons. The molecule has 3 rings (SSSR count). The summed E-state index contributed by atoms with van der Waals surface area (Å²) in [5.41, 5.74) is 1.15. The van der Waals surface area contributed by atoms with E-state index >= 15 is 0 Å². The fourth-order valence-corrected chi connectivity index (χ4v) is 2.93. The monoisotopic (exact) mass is 291 g/mol. The summed E-state index contributed by atoms with van der Waals surface area (Å²) in [5, 5.41) is 6.85. The van der Waals surface area contributed by atoms with Crippen LogP contribution in [0.4, 0.5) is 0 Å². The van der Waals surface area contributed by atoms with Crippen LogP contribution >= 0.6 is 11.3 Å². The summed E-state index contributed by atoms with van der Waals surface area (Å²) >= 11 is 1.75. The van der Waals surface area contributed by atoms with Gasteiger partial charge < -0.3 is 9.73 Å². The van der Waals surface area contributed by atoms with Crippen molar-refractivity contribution in [2.24, 2.45) is 0 Å². The van der Waals surface area contributed by atoms with Gasteiger partial charge in [-0.2, -0.15) is 0 Å². The van der Waals surface area contributed by atoms with Crippen molar-refractivity contribution in [3.05, 3.63) is 39.7 Å². The van der Waals surface area contributed by atoms with Gasteiger partial charge in [-0.1, -0.05) is 0 Å². The first kappa shape index (κ1) is 13.8. The van der Waals surface area contributed by atoms with Crippen molar-refractivity contribution in [2.45, 2.75) is 45.4 Å². The minimum Gasteiger partial charge on any atom is -0.465 e. The molecule has 0 atom stereocenters. The summed E-state index contributed by atoms with van der Waals surface area (Å²) in [6, 6.07) is 4.79. The molecule has 2 aromatic heterocycles. The Hall–Kier alpha value is -1.17. The number of aryl methyl sites for hydroxylation is 1. The lowest BCUT2D eigenvalue weighted by Gasteiger charge is -2.13. The third kappa shape index (κ3) is 3.91. The highest BCUT2D eigenvalue weighted by molar-refractivity contribution is 7.09. The third-order valence-electron chi connectivity index (χ3n) is 3.37. The molecule has 0 saturated heterocycles. The third-order valence-corrected chi connectivity index (χ3v) is 4.27. The van der Waals surface area contributed by atoms with Crippen molar-refractivity contribution < 1.29 is 4.42 Å². The van der Waals surface area contributed by atoms with Gasteiger partial charge in [-0.3, -0.25) is 4.90 Å². The largest absolute Gasteiger partial charge is 0.465 e. The highest BCUT2D eigenvalue weighted by Crippen LogP contribution is 2.20. The Balaban J connectivity index is 1.48. The van der Waals surface area contributed by atoms with Crippen molar-refractivity contribution in [1.82, 2.24) is 15.2 Å². The Morgan fingerprint density at radius 2 is 2.25 bits per heavy atom. The number of aromatic nitrogens is 1. The molecule has 0 unspecified atom stereocenters. The second kappa shape index (κ2) is 6.08. The SMILES string of the molecule is Cc1ccc(CN(C)Cc2csc(CNC3CC3)n2)o1. The molecule has 1 N–H and O–H groups in total. The Morgan fingerprint density at radius 1 is 1.40 bits per heavy atom. The molecule has 0 bridgehead atoms. The van der Waals surface area contributed by atoms with Crippen LogP contribution in [-0.4, -0.2) is 23.0 Å². The van der Waals surface area contributed by atoms with Crippen LogP contribution in [0.3, 0.4) is 0 Å². The van der Waals surface area contributed by atoms with Gasteiger partial charge in [0.15, 0.2) is 0 Å². The molecule has 2 heterocycles. The lowest BCUT2D eigenvalue weighted by atomic mass is 10.4. The normalized spacial score (nSPS) is 15.2. The molecular formula is C15H21N3OS. The fourth-order valence-electron chi connectivity index (χ4n) is 2.19. The first-order chi connectivity index (χ1) is 9.69. The minimum absolute atomic E-state index is 0.743. The second-order valence-electron chi connectivity index (χ2n) is 5.57. The van der Waals surface area contributed by atoms with Crippen LogP contribution in [-0.2, 0) is 19.6 Å². The first-order valence-corrected chi connectivity index (χ1v) is 7.97. The van der Waals surface area contributed by atoms with E-state index in [1.165, 1.54) is 17.8 Å². The maximum Gasteiger partial charge on any atom is 0.118 e. The van der Waals surface area contributed by atoms with Crippen LogP contribution in [0, 0.1) is 6.92 Å². The molecule has 0 radical (unpaired) electrons. The zero-order valence-electron chi connectivity index (χ0n) is 12.1. The number of nitrogens with zero attached hydrogens (tertiary/aromatic N) is 2. The van der Waals surface area contributed by atoms with Crippen molar-refractivity contribution in [1.29, 1.82) is 0 Å². The molecular weight excluding hydrogens is 270 g/mol. The standard InChI is InChI=1S/C15H21N3OS/c1-11-3-6-14(19-11)9-18(2)8-13-10-20-15(17-13)7-16-12-4-5-12/h3,6,10,12,16H,4-5,7-9H2,1-2H3. The average molecular weight is 291 g/mol. The number of thiazole rings is 1. The Kier molecular flexibility index (Phi) is 4.19. The van der Waals surface area contributed by atoms with E-state index in [0.29, 0.717) is 0 Å². The Labute approximate surface area is 123 Å². The van der Waals surface area contributed by atoms with Crippen molar-refractivity contribution >= 4 is 11.3 Å². The van der Waals surface area contributed by atoms with Crippen LogP contribution in [0.15, 0.2) is 21.9 Å². The van der Waals surface area contributed by atoms with E-state index in [0.717, 1.165) is 42.9 Å². The molecule has 1 aliphatic rings. The number of rotatable bonds is 7. The quantitative estimate of drug-likeness (QED) is 0.851. The van der Waals surface area contributed by atoms with Crippen molar-refractivity contribution in [2.75, 3.05) is 7.05 Å². The van der Waals surface area contributed by atoms with Crippen LogP contribution in [0.5, 0.6) is 0 Å². The van der Waals surface area contributed by atoms with Gasteiger partial charge in [-0.15, -0.1) is 11.3 Å². The Bertz CT molecular complexity index is 559. The van der Waals surface area contributed by atoms with E-state index in [-0.39, 0.29) is 0 Å². The zero-order chi connectivity index (χ0) is 13.9. The van der Waals surface area contributed by atoms with Gasteiger partial charge in [-0.25, -0.2) is 4.98 Å². The number of furan rings is 1. The van der Waals surface area contributed by atoms with Crippen molar-refractivity contribution in [3.63, 3.8) is 0 Å². The molecule has 5 heteroatoms. The van der Waals surface area contributed by atoms with Crippen LogP contribution < -0.4 is 5.32 Å². The van der Waals surface area contributed by atoms with E-state index in [4.69, 9.17) is 4.42 Å². The topological polar surface area (TPSA) is 41.3 Å². The van der Waals surface area contributed by atoms with E-state index < -0.39 is 0 Å². The predicted molar refractivity (Wildman–Crippen MR) is 80.6 cm³/mol. The molecule has 4 nitrogen and oxygen atoms in total. The summed E-state index contributed by atoms with van der Waals surface area (Å²) < 4.78 is 5.60. The van der Waals surface area contributed by atoms with Gasteiger partial charge in [0.2, 0.25) is 0 Å². The highest BCUT2D eigenvalue weighted by atomic mass is 32.1. The van der Waals surface area contributed by atoms with Crippen molar-refractivity contribution in [3.8, 4) is 0 Å². The minimum atomic E-state index is 0.743. The van der Waals surface area contributed by atoms with E-state index in [1.54, 1.807) is 11.3 Å². The van der Waals surface area contributed by atoms with Crippen LogP contribution in [0.1, 0.15) is 35.1 Å². The van der Waals surface area contributed by atoms with Crippen LogP contribution in [0.2, 0.25) is 0 Å². The molecule has 1 saturated carbocycles. The van der Waals surface area contributed by atoms with Gasteiger partial charge in [0.1, 0.15) is 16.5 Å². The van der Waals surface area contributed by atoms with Gasteiger partial charge >= 0.3 is 0 Å². The number of nitrogens with one attached hydrogen (secondary N) is 1. The summed E-state index contributed by atoms with van der Waals surface area (Å²) in [6.45, 7) is 4.57. The molecule has 2 aromatic rings. The van der Waals surface area contributed by atoms with E-state index in [9.17, 15) is 0 Å². The van der Waals surface area contributed by atoms with Gasteiger partial charge in [0.25, 0.3) is 0 Å². The lowest BCUT2D eigenvalue weighted by molar-refractivity contribution is 0.282.